The minimum atomic E-state index is -0.132. The molecule has 0 bridgehead atoms. The monoisotopic (exact) mass is 311 g/mol. The predicted octanol–water partition coefficient (Wildman–Crippen LogP) is 2.81. The number of hydrogen-bond acceptors (Lipinski definition) is 4. The lowest BCUT2D eigenvalue weighted by molar-refractivity contribution is 0.0924. The van der Waals surface area contributed by atoms with Gasteiger partial charge in [-0.3, -0.25) is 4.79 Å². The van der Waals surface area contributed by atoms with Crippen LogP contribution in [-0.4, -0.2) is 30.2 Å². The third-order valence-corrected chi connectivity index (χ3v) is 4.79. The van der Waals surface area contributed by atoms with E-state index in [1.807, 2.05) is 18.2 Å². The largest absolute Gasteiger partial charge is 0.369 e. The van der Waals surface area contributed by atoms with Gasteiger partial charge in [-0.15, -0.1) is 0 Å². The number of rotatable bonds is 4. The molecule has 2 aliphatic rings. The van der Waals surface area contributed by atoms with Crippen LogP contribution in [-0.2, 0) is 0 Å². The fraction of sp³-hybridized carbons (Fsp3) is 0.444. The fourth-order valence-electron chi connectivity index (χ4n) is 3.20. The highest BCUT2D eigenvalue weighted by Gasteiger charge is 2.33. The number of carbonyl (C=O) groups excluding carboxylic acids is 1. The lowest BCUT2D eigenvalue weighted by Crippen LogP contribution is -2.40. The quantitative estimate of drug-likeness (QED) is 0.943. The first-order chi connectivity index (χ1) is 11.2. The third-order valence-electron chi connectivity index (χ3n) is 4.79. The topological polar surface area (TPSA) is 58.4 Å². The van der Waals surface area contributed by atoms with E-state index in [2.05, 4.69) is 34.4 Å². The summed E-state index contributed by atoms with van der Waals surface area (Å²) < 4.78 is 5.27. The minimum absolute atomic E-state index is 0.129. The summed E-state index contributed by atoms with van der Waals surface area (Å²) >= 11 is 0. The van der Waals surface area contributed by atoms with E-state index in [0.717, 1.165) is 31.7 Å². The Bertz CT molecular complexity index is 693. The van der Waals surface area contributed by atoms with Crippen LogP contribution in [0, 0.1) is 5.92 Å². The number of hydrogen-bond donors (Lipinski definition) is 1. The number of para-hydroxylation sites is 1. The molecule has 2 heterocycles. The Morgan fingerprint density at radius 1 is 1.26 bits per heavy atom. The molecule has 1 amide bonds. The van der Waals surface area contributed by atoms with Gasteiger partial charge in [0.15, 0.2) is 5.69 Å². The number of anilines is 1. The van der Waals surface area contributed by atoms with Gasteiger partial charge in [-0.1, -0.05) is 30.3 Å². The smallest absolute Gasteiger partial charge is 0.273 e. The van der Waals surface area contributed by atoms with E-state index in [-0.39, 0.29) is 11.9 Å². The van der Waals surface area contributed by atoms with Crippen LogP contribution in [0.5, 0.6) is 0 Å². The summed E-state index contributed by atoms with van der Waals surface area (Å²) in [5.74, 6) is 1.59. The second kappa shape index (κ2) is 5.72. The number of amides is 1. The molecule has 1 saturated carbocycles. The first-order valence-corrected chi connectivity index (χ1v) is 8.28. The van der Waals surface area contributed by atoms with E-state index >= 15 is 0 Å². The molecule has 1 N–H and O–H groups in total. The standard InChI is InChI=1S/C18H21N3O2/c1-12-10-21(14-5-3-2-4-6-14)11-16(12)19-18(22)15-9-17(23-20-15)13-7-8-13/h2-6,9,12-13,16H,7-8,10-11H2,1H3,(H,19,22). The summed E-state index contributed by atoms with van der Waals surface area (Å²) in [5.41, 5.74) is 1.60. The van der Waals surface area contributed by atoms with Gasteiger partial charge in [0.1, 0.15) is 5.76 Å². The molecule has 4 rings (SSSR count). The van der Waals surface area contributed by atoms with Crippen LogP contribution in [0.4, 0.5) is 5.69 Å². The Hall–Kier alpha value is -2.30. The van der Waals surface area contributed by atoms with Crippen molar-refractivity contribution in [3.05, 3.63) is 47.9 Å². The summed E-state index contributed by atoms with van der Waals surface area (Å²) in [6.45, 7) is 3.94. The molecule has 0 spiro atoms. The minimum Gasteiger partial charge on any atom is -0.369 e. The Morgan fingerprint density at radius 3 is 2.78 bits per heavy atom. The van der Waals surface area contributed by atoms with Crippen molar-refractivity contribution in [2.75, 3.05) is 18.0 Å². The van der Waals surface area contributed by atoms with Crippen LogP contribution in [0.2, 0.25) is 0 Å². The van der Waals surface area contributed by atoms with Crippen molar-refractivity contribution in [3.63, 3.8) is 0 Å². The number of nitrogens with one attached hydrogen (secondary N) is 1. The zero-order valence-electron chi connectivity index (χ0n) is 13.2. The molecule has 1 aromatic heterocycles. The van der Waals surface area contributed by atoms with E-state index < -0.39 is 0 Å². The molecule has 1 saturated heterocycles. The van der Waals surface area contributed by atoms with Crippen molar-refractivity contribution in [1.29, 1.82) is 0 Å². The summed E-state index contributed by atoms with van der Waals surface area (Å²) in [6, 6.07) is 12.2. The maximum Gasteiger partial charge on any atom is 0.273 e. The molecule has 5 nitrogen and oxygen atoms in total. The molecular weight excluding hydrogens is 290 g/mol. The van der Waals surface area contributed by atoms with Crippen LogP contribution in [0.1, 0.15) is 41.9 Å². The molecule has 1 aliphatic heterocycles. The molecule has 2 fully saturated rings. The summed E-state index contributed by atoms with van der Waals surface area (Å²) in [7, 11) is 0. The second-order valence-electron chi connectivity index (χ2n) is 6.69. The van der Waals surface area contributed by atoms with Gasteiger partial charge >= 0.3 is 0 Å². The van der Waals surface area contributed by atoms with Gasteiger partial charge in [-0.05, 0) is 30.9 Å². The van der Waals surface area contributed by atoms with Gasteiger partial charge in [0.25, 0.3) is 5.91 Å². The summed E-state index contributed by atoms with van der Waals surface area (Å²) in [4.78, 5) is 14.7. The third kappa shape index (κ3) is 2.96. The number of nitrogens with zero attached hydrogens (tertiary/aromatic N) is 2. The fourth-order valence-corrected chi connectivity index (χ4v) is 3.20. The van der Waals surface area contributed by atoms with Crippen LogP contribution in [0.25, 0.3) is 0 Å². The van der Waals surface area contributed by atoms with E-state index in [4.69, 9.17) is 4.52 Å². The van der Waals surface area contributed by atoms with Crippen molar-refractivity contribution >= 4 is 11.6 Å². The van der Waals surface area contributed by atoms with Gasteiger partial charge < -0.3 is 14.7 Å². The zero-order chi connectivity index (χ0) is 15.8. The molecular formula is C18H21N3O2. The summed E-state index contributed by atoms with van der Waals surface area (Å²) in [5, 5.41) is 7.04. The van der Waals surface area contributed by atoms with Crippen LogP contribution < -0.4 is 10.2 Å². The Morgan fingerprint density at radius 2 is 2.04 bits per heavy atom. The number of benzene rings is 1. The maximum absolute atomic E-state index is 12.4. The molecule has 2 aromatic rings. The second-order valence-corrected chi connectivity index (χ2v) is 6.69. The first kappa shape index (κ1) is 14.3. The van der Waals surface area contributed by atoms with Crippen molar-refractivity contribution in [2.45, 2.75) is 31.7 Å². The number of aromatic nitrogens is 1. The first-order valence-electron chi connectivity index (χ1n) is 8.28. The van der Waals surface area contributed by atoms with E-state index in [1.54, 1.807) is 6.07 Å². The SMILES string of the molecule is CC1CN(c2ccccc2)CC1NC(=O)c1cc(C2CC2)on1. The molecule has 5 heteroatoms. The Kier molecular flexibility index (Phi) is 3.56. The lowest BCUT2D eigenvalue weighted by atomic mass is 10.1. The average Bonchev–Trinajstić information content (AvgIpc) is 3.18. The Labute approximate surface area is 135 Å². The molecule has 2 atom stereocenters. The van der Waals surface area contributed by atoms with Gasteiger partial charge in [-0.2, -0.15) is 0 Å². The van der Waals surface area contributed by atoms with Crippen LogP contribution >= 0.6 is 0 Å². The van der Waals surface area contributed by atoms with Crippen molar-refractivity contribution in [1.82, 2.24) is 10.5 Å². The summed E-state index contributed by atoms with van der Waals surface area (Å²) in [6.07, 6.45) is 2.28. The Balaban J connectivity index is 1.40. The van der Waals surface area contributed by atoms with Crippen molar-refractivity contribution in [2.24, 2.45) is 5.92 Å². The van der Waals surface area contributed by atoms with Crippen LogP contribution in [0.3, 0.4) is 0 Å². The highest BCUT2D eigenvalue weighted by molar-refractivity contribution is 5.92. The van der Waals surface area contributed by atoms with Crippen molar-refractivity contribution < 1.29 is 9.32 Å². The molecule has 0 radical (unpaired) electrons. The molecule has 2 unspecified atom stereocenters. The normalized spacial score (nSPS) is 24.0. The van der Waals surface area contributed by atoms with Crippen LogP contribution in [0.15, 0.2) is 40.9 Å². The number of carbonyl (C=O) groups is 1. The molecule has 1 aliphatic carbocycles. The lowest BCUT2D eigenvalue weighted by Gasteiger charge is -2.18. The van der Waals surface area contributed by atoms with Crippen molar-refractivity contribution in [3.8, 4) is 0 Å². The molecule has 120 valence electrons. The van der Waals surface area contributed by atoms with E-state index in [9.17, 15) is 4.79 Å². The van der Waals surface area contributed by atoms with Gasteiger partial charge in [0.2, 0.25) is 0 Å². The molecule has 1 aromatic carbocycles. The maximum atomic E-state index is 12.4. The average molecular weight is 311 g/mol. The predicted molar refractivity (Wildman–Crippen MR) is 87.6 cm³/mol. The van der Waals surface area contributed by atoms with Gasteiger partial charge in [0.05, 0.1) is 6.04 Å². The van der Waals surface area contributed by atoms with E-state index in [1.165, 1.54) is 5.69 Å². The zero-order valence-corrected chi connectivity index (χ0v) is 13.2. The van der Waals surface area contributed by atoms with Gasteiger partial charge in [0, 0.05) is 30.8 Å². The highest BCUT2D eigenvalue weighted by atomic mass is 16.5. The van der Waals surface area contributed by atoms with Gasteiger partial charge in [-0.25, -0.2) is 0 Å². The molecule has 23 heavy (non-hydrogen) atoms. The van der Waals surface area contributed by atoms with E-state index in [0.29, 0.717) is 17.5 Å². The highest BCUT2D eigenvalue weighted by Crippen LogP contribution is 2.40.